The highest BCUT2D eigenvalue weighted by molar-refractivity contribution is 8.18. The monoisotopic (exact) mass is 479 g/mol. The molecular weight excluding hydrogens is 461 g/mol. The molecule has 1 aliphatic heterocycles. The van der Waals surface area contributed by atoms with Crippen LogP contribution >= 0.6 is 23.4 Å². The van der Waals surface area contributed by atoms with Crippen molar-refractivity contribution in [2.24, 2.45) is 0 Å². The summed E-state index contributed by atoms with van der Waals surface area (Å²) in [5.41, 5.74) is 0.830. The third-order valence-corrected chi connectivity index (χ3v) is 5.53. The zero-order valence-corrected chi connectivity index (χ0v) is 18.8. The minimum absolute atomic E-state index is 0.0607. The van der Waals surface area contributed by atoms with Gasteiger partial charge >= 0.3 is 5.97 Å². The molecule has 0 aliphatic carbocycles. The maximum atomic E-state index is 13.8. The SMILES string of the molecule is CCOC(=O)CN1C(=O)S/C(=C/c2cc(Cl)c(OCc3ccccc3F)c(OC)c2)C1=O. The van der Waals surface area contributed by atoms with Crippen molar-refractivity contribution in [3.63, 3.8) is 0 Å². The van der Waals surface area contributed by atoms with Crippen molar-refractivity contribution in [3.8, 4) is 11.5 Å². The van der Waals surface area contributed by atoms with Crippen LogP contribution in [0.15, 0.2) is 41.3 Å². The number of rotatable bonds is 8. The molecule has 0 unspecified atom stereocenters. The third kappa shape index (κ3) is 5.41. The molecular formula is C22H19ClFNO6S. The highest BCUT2D eigenvalue weighted by atomic mass is 35.5. The second-order valence-electron chi connectivity index (χ2n) is 6.49. The predicted octanol–water partition coefficient (Wildman–Crippen LogP) is 4.67. The Kier molecular flexibility index (Phi) is 7.76. The molecule has 1 aliphatic rings. The van der Waals surface area contributed by atoms with Crippen molar-refractivity contribution in [3.05, 3.63) is 63.3 Å². The number of ether oxygens (including phenoxy) is 3. The van der Waals surface area contributed by atoms with Gasteiger partial charge in [-0.1, -0.05) is 29.8 Å². The number of amides is 2. The fraction of sp³-hybridized carbons (Fsp3) is 0.227. The minimum atomic E-state index is -0.669. The van der Waals surface area contributed by atoms with E-state index in [1.54, 1.807) is 31.2 Å². The smallest absolute Gasteiger partial charge is 0.326 e. The van der Waals surface area contributed by atoms with Crippen LogP contribution in [0.4, 0.5) is 9.18 Å². The van der Waals surface area contributed by atoms with Gasteiger partial charge in [0.05, 0.1) is 23.6 Å². The Bertz CT molecular complexity index is 1090. The first-order valence-electron chi connectivity index (χ1n) is 9.48. The van der Waals surface area contributed by atoms with Crippen LogP contribution in [0.5, 0.6) is 11.5 Å². The Hall–Kier alpha value is -3.04. The van der Waals surface area contributed by atoms with Crippen LogP contribution in [-0.2, 0) is 20.9 Å². The maximum Gasteiger partial charge on any atom is 0.326 e. The van der Waals surface area contributed by atoms with Crippen LogP contribution in [0, 0.1) is 5.82 Å². The van der Waals surface area contributed by atoms with Crippen LogP contribution < -0.4 is 9.47 Å². The molecule has 7 nitrogen and oxygen atoms in total. The Balaban J connectivity index is 1.80. The molecule has 10 heteroatoms. The zero-order valence-electron chi connectivity index (χ0n) is 17.2. The third-order valence-electron chi connectivity index (χ3n) is 4.35. The van der Waals surface area contributed by atoms with E-state index in [4.69, 9.17) is 25.8 Å². The molecule has 2 aromatic rings. The van der Waals surface area contributed by atoms with Crippen LogP contribution in [0.1, 0.15) is 18.1 Å². The molecule has 2 amide bonds. The highest BCUT2D eigenvalue weighted by Crippen LogP contribution is 2.39. The number of carbonyl (C=O) groups excluding carboxylic acids is 3. The second-order valence-corrected chi connectivity index (χ2v) is 7.89. The number of hydrogen-bond donors (Lipinski definition) is 0. The van der Waals surface area contributed by atoms with Gasteiger partial charge in [-0.2, -0.15) is 0 Å². The number of esters is 1. The summed E-state index contributed by atoms with van der Waals surface area (Å²) in [7, 11) is 1.42. The Morgan fingerprint density at radius 2 is 2.00 bits per heavy atom. The largest absolute Gasteiger partial charge is 0.493 e. The lowest BCUT2D eigenvalue weighted by molar-refractivity contribution is -0.145. The molecule has 3 rings (SSSR count). The molecule has 0 aromatic heterocycles. The Morgan fingerprint density at radius 3 is 2.69 bits per heavy atom. The maximum absolute atomic E-state index is 13.8. The summed E-state index contributed by atoms with van der Waals surface area (Å²) in [4.78, 5) is 37.3. The Morgan fingerprint density at radius 1 is 1.25 bits per heavy atom. The molecule has 168 valence electrons. The average Bonchev–Trinajstić information content (AvgIpc) is 3.01. The summed E-state index contributed by atoms with van der Waals surface area (Å²) < 4.78 is 29.6. The van der Waals surface area contributed by atoms with Gasteiger partial charge in [-0.15, -0.1) is 0 Å². The normalized spacial score (nSPS) is 14.8. The lowest BCUT2D eigenvalue weighted by Gasteiger charge is -2.14. The molecule has 0 bridgehead atoms. The fourth-order valence-electron chi connectivity index (χ4n) is 2.85. The average molecular weight is 480 g/mol. The lowest BCUT2D eigenvalue weighted by Crippen LogP contribution is -2.34. The summed E-state index contributed by atoms with van der Waals surface area (Å²) >= 11 is 7.05. The van der Waals surface area contributed by atoms with Gasteiger partial charge in [0, 0.05) is 5.56 Å². The van der Waals surface area contributed by atoms with E-state index in [0.717, 1.165) is 4.90 Å². The first-order chi connectivity index (χ1) is 15.3. The van der Waals surface area contributed by atoms with Gasteiger partial charge in [-0.05, 0) is 48.5 Å². The number of halogens is 2. The highest BCUT2D eigenvalue weighted by Gasteiger charge is 2.36. The summed E-state index contributed by atoms with van der Waals surface area (Å²) in [6.07, 6.45) is 1.46. The quantitative estimate of drug-likeness (QED) is 0.402. The Labute approximate surface area is 193 Å². The van der Waals surface area contributed by atoms with E-state index in [1.165, 1.54) is 25.3 Å². The van der Waals surface area contributed by atoms with Crippen LogP contribution in [0.3, 0.4) is 0 Å². The van der Waals surface area contributed by atoms with Gasteiger partial charge in [-0.25, -0.2) is 4.39 Å². The number of benzene rings is 2. The molecule has 0 spiro atoms. The number of methoxy groups -OCH3 is 1. The standard InChI is InChI=1S/C22H19ClFNO6S/c1-3-30-19(26)11-25-21(27)18(32-22(25)28)10-13-8-15(23)20(17(9-13)29-2)31-12-14-6-4-5-7-16(14)24/h4-10H,3,11-12H2,1-2H3/b18-10+. The van der Waals surface area contributed by atoms with Gasteiger partial charge in [0.15, 0.2) is 11.5 Å². The zero-order chi connectivity index (χ0) is 23.3. The number of nitrogens with zero attached hydrogens (tertiary/aromatic N) is 1. The topological polar surface area (TPSA) is 82.1 Å². The van der Waals surface area contributed by atoms with Crippen molar-refractivity contribution in [2.75, 3.05) is 20.3 Å². The van der Waals surface area contributed by atoms with E-state index in [9.17, 15) is 18.8 Å². The van der Waals surface area contributed by atoms with E-state index >= 15 is 0 Å². The molecule has 1 heterocycles. The van der Waals surface area contributed by atoms with Crippen LogP contribution in [-0.4, -0.2) is 42.3 Å². The van der Waals surface area contributed by atoms with Crippen LogP contribution in [0.25, 0.3) is 6.08 Å². The summed E-state index contributed by atoms with van der Waals surface area (Å²) in [6, 6.07) is 9.29. The molecule has 0 radical (unpaired) electrons. The van der Waals surface area contributed by atoms with Gasteiger partial charge in [0.25, 0.3) is 11.1 Å². The molecule has 1 fully saturated rings. The first-order valence-corrected chi connectivity index (χ1v) is 10.7. The molecule has 0 saturated carbocycles. The molecule has 2 aromatic carbocycles. The van der Waals surface area contributed by atoms with E-state index in [1.807, 2.05) is 0 Å². The van der Waals surface area contributed by atoms with Gasteiger partial charge in [0.2, 0.25) is 0 Å². The van der Waals surface area contributed by atoms with Crippen LogP contribution in [0.2, 0.25) is 5.02 Å². The van der Waals surface area contributed by atoms with E-state index < -0.39 is 29.5 Å². The fourth-order valence-corrected chi connectivity index (χ4v) is 3.96. The van der Waals surface area contributed by atoms with Crippen molar-refractivity contribution < 1.29 is 33.0 Å². The van der Waals surface area contributed by atoms with Gasteiger partial charge < -0.3 is 14.2 Å². The summed E-state index contributed by atoms with van der Waals surface area (Å²) in [5.74, 6) is -1.20. The lowest BCUT2D eigenvalue weighted by atomic mass is 10.1. The van der Waals surface area contributed by atoms with Crippen molar-refractivity contribution in [1.82, 2.24) is 4.90 Å². The molecule has 0 atom stereocenters. The first kappa shape index (κ1) is 23.6. The number of thioether (sulfide) groups is 1. The molecule has 0 N–H and O–H groups in total. The number of imide groups is 1. The molecule has 1 saturated heterocycles. The number of hydrogen-bond acceptors (Lipinski definition) is 7. The summed E-state index contributed by atoms with van der Waals surface area (Å²) in [6.45, 7) is 1.26. The van der Waals surface area contributed by atoms with Crippen molar-refractivity contribution >= 4 is 46.6 Å². The summed E-state index contributed by atoms with van der Waals surface area (Å²) in [5, 5.41) is -0.394. The van der Waals surface area contributed by atoms with Gasteiger partial charge in [-0.3, -0.25) is 19.3 Å². The van der Waals surface area contributed by atoms with Crippen molar-refractivity contribution in [1.29, 1.82) is 0 Å². The van der Waals surface area contributed by atoms with E-state index in [0.29, 0.717) is 22.9 Å². The van der Waals surface area contributed by atoms with E-state index in [-0.39, 0.29) is 34.6 Å². The van der Waals surface area contributed by atoms with E-state index in [2.05, 4.69) is 0 Å². The molecule has 32 heavy (non-hydrogen) atoms. The van der Waals surface area contributed by atoms with Crippen molar-refractivity contribution in [2.45, 2.75) is 13.5 Å². The minimum Gasteiger partial charge on any atom is -0.493 e. The predicted molar refractivity (Wildman–Crippen MR) is 118 cm³/mol. The second kappa shape index (κ2) is 10.5. The number of carbonyl (C=O) groups is 3. The van der Waals surface area contributed by atoms with Gasteiger partial charge in [0.1, 0.15) is 19.0 Å².